The molecule has 2 fully saturated rings. The van der Waals surface area contributed by atoms with Crippen molar-refractivity contribution in [3.05, 3.63) is 36.8 Å². The van der Waals surface area contributed by atoms with Gasteiger partial charge in [0.1, 0.15) is 29.7 Å². The number of piperidine rings is 1. The highest BCUT2D eigenvalue weighted by atomic mass is 19.3. The minimum Gasteiger partial charge on any atom is -0.435 e. The minimum absolute atomic E-state index is 0.0404. The highest BCUT2D eigenvalue weighted by Crippen LogP contribution is 2.42. The van der Waals surface area contributed by atoms with Gasteiger partial charge in [-0.3, -0.25) is 14.3 Å². The first-order chi connectivity index (χ1) is 18.2. The van der Waals surface area contributed by atoms with Crippen molar-refractivity contribution < 1.29 is 23.1 Å². The van der Waals surface area contributed by atoms with E-state index in [0.29, 0.717) is 23.0 Å². The first-order valence-corrected chi connectivity index (χ1v) is 12.1. The smallest absolute Gasteiger partial charge is 0.387 e. The molecule has 0 unspecified atom stereocenters. The fourth-order valence-corrected chi connectivity index (χ4v) is 4.84. The van der Waals surface area contributed by atoms with Gasteiger partial charge in [-0.05, 0) is 18.9 Å². The molecule has 12 nitrogen and oxygen atoms in total. The fourth-order valence-electron chi connectivity index (χ4n) is 4.84. The third kappa shape index (κ3) is 5.63. The van der Waals surface area contributed by atoms with Gasteiger partial charge in [0.25, 0.3) is 0 Å². The molecule has 5 heterocycles. The van der Waals surface area contributed by atoms with E-state index in [-0.39, 0.29) is 29.4 Å². The predicted octanol–water partition coefficient (Wildman–Crippen LogP) is 2.01. The number of nitrogens with zero attached hydrogens (tertiary/aromatic N) is 7. The number of anilines is 3. The van der Waals surface area contributed by atoms with Crippen LogP contribution < -0.4 is 20.7 Å². The number of primary amides is 1. The molecule has 200 valence electrons. The lowest BCUT2D eigenvalue weighted by atomic mass is 9.72. The number of halogens is 2. The van der Waals surface area contributed by atoms with Crippen molar-refractivity contribution in [3.63, 3.8) is 0 Å². The van der Waals surface area contributed by atoms with Crippen LogP contribution in [0.25, 0.3) is 11.4 Å². The first kappa shape index (κ1) is 25.3. The van der Waals surface area contributed by atoms with E-state index in [4.69, 9.17) is 10.7 Å². The Morgan fingerprint density at radius 3 is 2.63 bits per heavy atom. The Morgan fingerprint density at radius 2 is 1.95 bits per heavy atom. The molecule has 0 radical (unpaired) electrons. The van der Waals surface area contributed by atoms with Gasteiger partial charge in [0.05, 0.1) is 11.8 Å². The highest BCUT2D eigenvalue weighted by molar-refractivity contribution is 5.74. The van der Waals surface area contributed by atoms with Crippen molar-refractivity contribution in [3.8, 4) is 17.1 Å². The molecule has 2 aliphatic rings. The van der Waals surface area contributed by atoms with E-state index >= 15 is 0 Å². The highest BCUT2D eigenvalue weighted by Gasteiger charge is 2.45. The molecule has 3 N–H and O–H groups in total. The van der Waals surface area contributed by atoms with E-state index < -0.39 is 12.5 Å². The number of carbonyl (C=O) groups excluding carboxylic acids is 2. The van der Waals surface area contributed by atoms with Gasteiger partial charge in [-0.1, -0.05) is 0 Å². The van der Waals surface area contributed by atoms with Gasteiger partial charge in [0.2, 0.25) is 11.8 Å². The number of carbonyl (C=O) groups is 2. The van der Waals surface area contributed by atoms with E-state index in [1.807, 2.05) is 4.90 Å². The number of hydrogen-bond acceptors (Lipinski definition) is 9. The van der Waals surface area contributed by atoms with Crippen molar-refractivity contribution in [1.82, 2.24) is 29.6 Å². The molecular formula is C24H27F2N9O3. The summed E-state index contributed by atoms with van der Waals surface area (Å²) in [5.74, 6) is 1.20. The summed E-state index contributed by atoms with van der Waals surface area (Å²) in [6, 6.07) is 4.44. The molecule has 14 heteroatoms. The zero-order valence-electron chi connectivity index (χ0n) is 20.7. The van der Waals surface area contributed by atoms with Crippen LogP contribution in [-0.4, -0.2) is 74.2 Å². The summed E-state index contributed by atoms with van der Waals surface area (Å²) in [6.07, 6.45) is 6.36. The molecule has 2 amide bonds. The molecule has 3 aromatic rings. The Kier molecular flexibility index (Phi) is 6.78. The molecule has 2 saturated heterocycles. The second-order valence-electron chi connectivity index (χ2n) is 9.57. The van der Waals surface area contributed by atoms with Crippen LogP contribution in [0, 0.1) is 5.41 Å². The Balaban J connectivity index is 1.39. The van der Waals surface area contributed by atoms with Crippen LogP contribution in [0.3, 0.4) is 0 Å². The number of rotatable bonds is 8. The maximum absolute atomic E-state index is 12.7. The molecule has 0 aliphatic carbocycles. The standard InChI is InChI=1S/C24H27F2N9O3/c1-15(36)33-6-3-24(4-7-33)13-34(14-24)21-9-20(30-19-8-17(2-5-28-19)38-23(25)26)31-22(32-21)16-10-29-35(11-16)12-18(27)37/h2,5,8-11,23H,3-4,6-7,12-14H2,1H3,(H2,27,37)(H,28,30,31,32). The average molecular weight is 528 g/mol. The number of likely N-dealkylation sites (tertiary alicyclic amines) is 1. The molecule has 38 heavy (non-hydrogen) atoms. The fraction of sp³-hybridized carbons (Fsp3) is 0.417. The van der Waals surface area contributed by atoms with E-state index in [1.54, 1.807) is 19.2 Å². The monoisotopic (exact) mass is 527 g/mol. The Morgan fingerprint density at radius 1 is 1.18 bits per heavy atom. The number of amides is 2. The molecule has 0 saturated carbocycles. The van der Waals surface area contributed by atoms with E-state index in [0.717, 1.165) is 39.0 Å². The number of nitrogens with two attached hydrogens (primary N) is 1. The van der Waals surface area contributed by atoms with Crippen LogP contribution in [0.4, 0.5) is 26.2 Å². The number of alkyl halides is 2. The number of hydrogen-bond donors (Lipinski definition) is 2. The molecule has 5 rings (SSSR count). The molecule has 0 atom stereocenters. The normalized spacial score (nSPS) is 16.4. The average Bonchev–Trinajstić information content (AvgIpc) is 3.30. The van der Waals surface area contributed by atoms with Crippen molar-refractivity contribution in [2.45, 2.75) is 32.9 Å². The molecule has 1 spiro atoms. The van der Waals surface area contributed by atoms with Crippen LogP contribution >= 0.6 is 0 Å². The van der Waals surface area contributed by atoms with Gasteiger partial charge in [-0.25, -0.2) is 15.0 Å². The lowest BCUT2D eigenvalue weighted by molar-refractivity contribution is -0.131. The Labute approximate surface area is 216 Å². The predicted molar refractivity (Wildman–Crippen MR) is 133 cm³/mol. The Hall–Kier alpha value is -4.36. The number of aromatic nitrogens is 5. The zero-order valence-corrected chi connectivity index (χ0v) is 20.7. The summed E-state index contributed by atoms with van der Waals surface area (Å²) in [7, 11) is 0. The lowest BCUT2D eigenvalue weighted by Crippen LogP contribution is -2.61. The quantitative estimate of drug-likeness (QED) is 0.449. The Bertz CT molecular complexity index is 1330. The third-order valence-corrected chi connectivity index (χ3v) is 6.78. The summed E-state index contributed by atoms with van der Waals surface area (Å²) in [4.78, 5) is 40.5. The topological polar surface area (TPSA) is 144 Å². The lowest BCUT2D eigenvalue weighted by Gasteiger charge is -2.54. The molecule has 2 aliphatic heterocycles. The third-order valence-electron chi connectivity index (χ3n) is 6.78. The van der Waals surface area contributed by atoms with Gasteiger partial charge in [-0.2, -0.15) is 13.9 Å². The second-order valence-corrected chi connectivity index (χ2v) is 9.57. The van der Waals surface area contributed by atoms with Crippen molar-refractivity contribution >= 4 is 29.3 Å². The first-order valence-electron chi connectivity index (χ1n) is 12.1. The minimum atomic E-state index is -2.96. The molecule has 0 aromatic carbocycles. The summed E-state index contributed by atoms with van der Waals surface area (Å²) in [6.45, 7) is 1.60. The molecule has 0 bridgehead atoms. The van der Waals surface area contributed by atoms with Crippen LogP contribution in [0.2, 0.25) is 0 Å². The van der Waals surface area contributed by atoms with Crippen molar-refractivity contribution in [2.24, 2.45) is 11.1 Å². The number of pyridine rings is 1. The van der Waals surface area contributed by atoms with E-state index in [2.05, 4.69) is 30.0 Å². The van der Waals surface area contributed by atoms with Crippen LogP contribution in [0.1, 0.15) is 19.8 Å². The summed E-state index contributed by atoms with van der Waals surface area (Å²) in [5.41, 5.74) is 5.97. The van der Waals surface area contributed by atoms with Gasteiger partial charge in [0.15, 0.2) is 5.82 Å². The zero-order chi connectivity index (χ0) is 26.9. The summed E-state index contributed by atoms with van der Waals surface area (Å²) >= 11 is 0. The van der Waals surface area contributed by atoms with Gasteiger partial charge < -0.3 is 25.6 Å². The second kappa shape index (κ2) is 10.2. The molecular weight excluding hydrogens is 500 g/mol. The maximum Gasteiger partial charge on any atom is 0.387 e. The van der Waals surface area contributed by atoms with Crippen molar-refractivity contribution in [1.29, 1.82) is 0 Å². The maximum atomic E-state index is 12.7. The number of nitrogens with one attached hydrogen (secondary N) is 1. The summed E-state index contributed by atoms with van der Waals surface area (Å²) < 4.78 is 31.2. The van der Waals surface area contributed by atoms with E-state index in [1.165, 1.54) is 29.2 Å². The van der Waals surface area contributed by atoms with Crippen molar-refractivity contribution in [2.75, 3.05) is 36.4 Å². The van der Waals surface area contributed by atoms with Crippen LogP contribution in [0.5, 0.6) is 5.75 Å². The van der Waals surface area contributed by atoms with Crippen LogP contribution in [0.15, 0.2) is 36.8 Å². The van der Waals surface area contributed by atoms with E-state index in [9.17, 15) is 18.4 Å². The SMILES string of the molecule is CC(=O)N1CCC2(CC1)CN(c1cc(Nc3cc(OC(F)F)ccn3)nc(-c3cnn(CC(N)=O)c3)n1)C2. The summed E-state index contributed by atoms with van der Waals surface area (Å²) in [5, 5.41) is 7.19. The van der Waals surface area contributed by atoms with Crippen LogP contribution in [-0.2, 0) is 16.1 Å². The van der Waals surface area contributed by atoms with Gasteiger partial charge in [0, 0.05) is 63.0 Å². The van der Waals surface area contributed by atoms with Gasteiger partial charge >= 0.3 is 6.61 Å². The largest absolute Gasteiger partial charge is 0.435 e. The molecule has 3 aromatic heterocycles. The van der Waals surface area contributed by atoms with Gasteiger partial charge in [-0.15, -0.1) is 0 Å². The number of ether oxygens (including phenoxy) is 1.